The van der Waals surface area contributed by atoms with E-state index in [1.165, 1.54) is 56.6 Å². The first-order chi connectivity index (χ1) is 17.8. The number of piperidine rings is 1. The third-order valence-electron chi connectivity index (χ3n) is 8.83. The van der Waals surface area contributed by atoms with Gasteiger partial charge in [-0.15, -0.1) is 21.5 Å². The van der Waals surface area contributed by atoms with Gasteiger partial charge in [-0.2, -0.15) is 5.10 Å². The number of aromatic amines is 1. The number of thiophene rings is 1. The van der Waals surface area contributed by atoms with Crippen molar-refractivity contribution in [1.29, 1.82) is 0 Å². The molecule has 6 heterocycles. The Kier molecular flexibility index (Phi) is 5.14. The first-order valence-electron chi connectivity index (χ1n) is 13.3. The number of hydrogen-bond acceptors (Lipinski definition) is 7. The lowest BCUT2D eigenvalue weighted by Crippen LogP contribution is -2.34. The number of nitrogens with one attached hydrogen (secondary N) is 1. The zero-order valence-electron chi connectivity index (χ0n) is 22.3. The molecule has 1 N–H and O–H groups in total. The Morgan fingerprint density at radius 2 is 1.95 bits per heavy atom. The van der Waals surface area contributed by atoms with E-state index in [9.17, 15) is 0 Å². The van der Waals surface area contributed by atoms with Crippen molar-refractivity contribution in [2.24, 2.45) is 5.92 Å². The highest BCUT2D eigenvalue weighted by atomic mass is 32.1. The van der Waals surface area contributed by atoms with E-state index in [1.807, 2.05) is 22.8 Å². The molecule has 0 amide bonds. The second kappa shape index (κ2) is 8.23. The molecule has 9 heteroatoms. The van der Waals surface area contributed by atoms with Crippen molar-refractivity contribution in [1.82, 2.24) is 34.7 Å². The Morgan fingerprint density at radius 1 is 1.11 bits per heavy atom. The average molecular weight is 516 g/mol. The van der Waals surface area contributed by atoms with Gasteiger partial charge in [0.25, 0.3) is 0 Å². The fraction of sp³-hybridized carbons (Fsp3) is 0.500. The molecule has 2 bridgehead atoms. The summed E-state index contributed by atoms with van der Waals surface area (Å²) < 4.78 is 7.56. The summed E-state index contributed by atoms with van der Waals surface area (Å²) in [6.45, 7) is 15.1. The summed E-state index contributed by atoms with van der Waals surface area (Å²) in [5.74, 6) is 3.12. The Labute approximate surface area is 220 Å². The summed E-state index contributed by atoms with van der Waals surface area (Å²) in [5, 5.41) is 14.1. The van der Waals surface area contributed by atoms with Gasteiger partial charge in [0.1, 0.15) is 11.2 Å². The number of hydrogen-bond donors (Lipinski definition) is 1. The average Bonchev–Trinajstić information content (AvgIpc) is 3.68. The lowest BCUT2D eigenvalue weighted by atomic mass is 9.88. The van der Waals surface area contributed by atoms with Crippen LogP contribution in [0.1, 0.15) is 77.4 Å². The summed E-state index contributed by atoms with van der Waals surface area (Å²) in [4.78, 5) is 13.8. The molecule has 0 aromatic carbocycles. The number of pyridine rings is 1. The highest BCUT2D eigenvalue weighted by Gasteiger charge is 2.46. The van der Waals surface area contributed by atoms with Crippen LogP contribution in [0.15, 0.2) is 16.9 Å². The lowest BCUT2D eigenvalue weighted by Gasteiger charge is -2.30. The van der Waals surface area contributed by atoms with Crippen LogP contribution in [0, 0.1) is 33.6 Å². The number of rotatable bonds is 5. The Bertz CT molecular complexity index is 1650. The van der Waals surface area contributed by atoms with Gasteiger partial charge in [0.15, 0.2) is 5.65 Å². The van der Waals surface area contributed by atoms with Gasteiger partial charge in [0.2, 0.25) is 11.8 Å². The van der Waals surface area contributed by atoms with Crippen LogP contribution in [-0.2, 0) is 6.54 Å². The molecule has 2 fully saturated rings. The van der Waals surface area contributed by atoms with Crippen molar-refractivity contribution in [3.63, 3.8) is 0 Å². The number of H-pyrrole nitrogens is 1. The summed E-state index contributed by atoms with van der Waals surface area (Å²) in [7, 11) is 0. The minimum Gasteiger partial charge on any atom is -0.424 e. The van der Waals surface area contributed by atoms with E-state index < -0.39 is 0 Å². The van der Waals surface area contributed by atoms with Gasteiger partial charge in [-0.1, -0.05) is 13.8 Å². The summed E-state index contributed by atoms with van der Waals surface area (Å²) in [6, 6.07) is 0.599. The molecule has 8 nitrogen and oxygen atoms in total. The zero-order chi connectivity index (χ0) is 25.6. The molecule has 1 aliphatic carbocycles. The van der Waals surface area contributed by atoms with E-state index in [4.69, 9.17) is 4.42 Å². The maximum Gasteiger partial charge on any atom is 0.230 e. The second-order valence-corrected chi connectivity index (χ2v) is 12.4. The largest absolute Gasteiger partial charge is 0.424 e. The molecular weight excluding hydrogens is 482 g/mol. The minimum absolute atomic E-state index is 0.407. The van der Waals surface area contributed by atoms with Crippen molar-refractivity contribution in [3.05, 3.63) is 51.4 Å². The highest BCUT2D eigenvalue weighted by molar-refractivity contribution is 7.19. The number of fused-ring (bicyclic) bond motifs is 4. The first-order valence-corrected chi connectivity index (χ1v) is 14.1. The van der Waals surface area contributed by atoms with Crippen molar-refractivity contribution < 1.29 is 4.42 Å². The SMILES string of the molecule is Cc1nnc(CN2CC3C[C@H]2C[C@H]3c2sc3[nH]c(-c4cn5ncnc5c(C)c4C)c(C(C)C)c3c2C)o1. The van der Waals surface area contributed by atoms with Gasteiger partial charge < -0.3 is 9.40 Å². The monoisotopic (exact) mass is 515 g/mol. The van der Waals surface area contributed by atoms with Crippen LogP contribution in [0.25, 0.3) is 27.1 Å². The normalized spacial score (nSPS) is 22.0. The molecule has 37 heavy (non-hydrogen) atoms. The molecule has 5 aromatic heterocycles. The third-order valence-corrected chi connectivity index (χ3v) is 10.2. The Morgan fingerprint density at radius 3 is 2.65 bits per heavy atom. The van der Waals surface area contributed by atoms with Gasteiger partial charge in [0, 0.05) is 41.5 Å². The summed E-state index contributed by atoms with van der Waals surface area (Å²) in [5.41, 5.74) is 8.72. The van der Waals surface area contributed by atoms with Crippen LogP contribution in [0.4, 0.5) is 0 Å². The van der Waals surface area contributed by atoms with Gasteiger partial charge in [-0.25, -0.2) is 9.50 Å². The van der Waals surface area contributed by atoms with Gasteiger partial charge in [0.05, 0.1) is 12.2 Å². The Hall–Kier alpha value is -3.04. The van der Waals surface area contributed by atoms with Gasteiger partial charge in [-0.3, -0.25) is 4.90 Å². The molecule has 0 radical (unpaired) electrons. The highest BCUT2D eigenvalue weighted by Crippen LogP contribution is 2.53. The smallest absolute Gasteiger partial charge is 0.230 e. The fourth-order valence-electron chi connectivity index (χ4n) is 6.98. The zero-order valence-corrected chi connectivity index (χ0v) is 23.1. The first kappa shape index (κ1) is 23.1. The molecule has 5 aromatic rings. The van der Waals surface area contributed by atoms with E-state index in [2.05, 4.69) is 71.0 Å². The number of aromatic nitrogens is 6. The predicted octanol–water partition coefficient (Wildman–Crippen LogP) is 6.06. The maximum absolute atomic E-state index is 5.66. The number of aryl methyl sites for hydroxylation is 3. The molecule has 3 atom stereocenters. The van der Waals surface area contributed by atoms with Gasteiger partial charge in [-0.05, 0) is 73.6 Å². The quantitative estimate of drug-likeness (QED) is 0.306. The minimum atomic E-state index is 0.407. The summed E-state index contributed by atoms with van der Waals surface area (Å²) >= 11 is 1.98. The van der Waals surface area contributed by atoms with Crippen molar-refractivity contribution >= 4 is 27.2 Å². The van der Waals surface area contributed by atoms with Crippen LogP contribution >= 0.6 is 11.3 Å². The molecule has 1 unspecified atom stereocenters. The van der Waals surface area contributed by atoms with Crippen LogP contribution < -0.4 is 0 Å². The molecule has 1 aliphatic heterocycles. The molecule has 2 aliphatic rings. The maximum atomic E-state index is 5.66. The van der Waals surface area contributed by atoms with Crippen LogP contribution in [0.5, 0.6) is 0 Å². The molecular formula is C28H33N7OS. The number of nitrogens with zero attached hydrogens (tertiary/aromatic N) is 6. The number of likely N-dealkylation sites (tertiary alicyclic amines) is 1. The van der Waals surface area contributed by atoms with Gasteiger partial charge >= 0.3 is 0 Å². The molecule has 0 spiro atoms. The predicted molar refractivity (Wildman–Crippen MR) is 145 cm³/mol. The van der Waals surface area contributed by atoms with E-state index >= 15 is 0 Å². The second-order valence-electron chi connectivity index (χ2n) is 11.3. The molecule has 192 valence electrons. The van der Waals surface area contributed by atoms with Crippen LogP contribution in [-0.4, -0.2) is 47.3 Å². The molecule has 1 saturated heterocycles. The fourth-order valence-corrected chi connectivity index (χ4v) is 8.42. The lowest BCUT2D eigenvalue weighted by molar-refractivity contribution is 0.175. The Balaban J connectivity index is 1.24. The van der Waals surface area contributed by atoms with E-state index in [1.54, 1.807) is 11.2 Å². The van der Waals surface area contributed by atoms with E-state index in [-0.39, 0.29) is 0 Å². The molecule has 7 rings (SSSR count). The van der Waals surface area contributed by atoms with E-state index in [0.29, 0.717) is 29.7 Å². The van der Waals surface area contributed by atoms with Crippen molar-refractivity contribution in [2.45, 2.75) is 78.8 Å². The van der Waals surface area contributed by atoms with Crippen LogP contribution in [0.2, 0.25) is 0 Å². The molecule has 1 saturated carbocycles. The third kappa shape index (κ3) is 3.43. The van der Waals surface area contributed by atoms with E-state index in [0.717, 1.165) is 24.6 Å². The summed E-state index contributed by atoms with van der Waals surface area (Å²) in [6.07, 6.45) is 6.25. The van der Waals surface area contributed by atoms with Crippen LogP contribution in [0.3, 0.4) is 0 Å². The topological polar surface area (TPSA) is 88.1 Å². The standard InChI is InChI=1S/C28H33N7OS/c1-13(2)23-24-16(5)26(20-8-19-7-18(20)9-34(19)11-22-33-32-17(6)36-22)37-28(24)31-25(23)21-10-35-27(29-12-30-35)15(4)14(21)3/h10,12-13,18-20,31H,7-9,11H2,1-6H3/t18?,19-,20+/m0/s1. The van der Waals surface area contributed by atoms with Crippen molar-refractivity contribution in [2.75, 3.05) is 6.54 Å². The van der Waals surface area contributed by atoms with Crippen molar-refractivity contribution in [3.8, 4) is 11.3 Å².